The molecule has 4 aromatic rings. The number of anilines is 1. The summed E-state index contributed by atoms with van der Waals surface area (Å²) in [6, 6.07) is 10.6. The van der Waals surface area contributed by atoms with Crippen molar-refractivity contribution in [2.45, 2.75) is 64.1 Å². The monoisotopic (exact) mass is 599 g/mol. The van der Waals surface area contributed by atoms with Crippen molar-refractivity contribution in [3.8, 4) is 11.3 Å². The van der Waals surface area contributed by atoms with E-state index in [0.717, 1.165) is 71.9 Å². The van der Waals surface area contributed by atoms with E-state index in [1.54, 1.807) is 29.5 Å². The molecule has 2 aliphatic carbocycles. The average molecular weight is 601 g/mol. The van der Waals surface area contributed by atoms with E-state index in [0.29, 0.717) is 39.7 Å². The maximum Gasteiger partial charge on any atom is 0.335 e. The van der Waals surface area contributed by atoms with E-state index in [4.69, 9.17) is 37.4 Å². The van der Waals surface area contributed by atoms with Gasteiger partial charge in [-0.15, -0.1) is 0 Å². The van der Waals surface area contributed by atoms with Crippen LogP contribution in [0.3, 0.4) is 0 Å². The minimum atomic E-state index is -0.927. The van der Waals surface area contributed by atoms with Gasteiger partial charge in [0, 0.05) is 36.1 Å². The number of carbonyl (C=O) groups is 1. The van der Waals surface area contributed by atoms with Gasteiger partial charge in [-0.2, -0.15) is 0 Å². The first-order valence-corrected chi connectivity index (χ1v) is 15.4. The highest BCUT2D eigenvalue weighted by Gasteiger charge is 2.35. The number of carboxylic acids is 1. The second-order valence-corrected chi connectivity index (χ2v) is 12.5. The van der Waals surface area contributed by atoms with E-state index in [1.165, 1.54) is 6.42 Å². The van der Waals surface area contributed by atoms with Gasteiger partial charge in [0.1, 0.15) is 11.5 Å². The van der Waals surface area contributed by atoms with Gasteiger partial charge >= 0.3 is 5.97 Å². The van der Waals surface area contributed by atoms with Crippen molar-refractivity contribution in [3.63, 3.8) is 0 Å². The molecule has 0 saturated heterocycles. The van der Waals surface area contributed by atoms with Gasteiger partial charge in [0.25, 0.3) is 0 Å². The molecule has 0 amide bonds. The number of thiazole rings is 1. The molecule has 2 unspecified atom stereocenters. The fourth-order valence-electron chi connectivity index (χ4n) is 5.65. The van der Waals surface area contributed by atoms with Crippen LogP contribution >= 0.6 is 34.5 Å². The Bertz CT molecular complexity index is 1510. The Balaban J connectivity index is 1.21. The van der Waals surface area contributed by atoms with Crippen LogP contribution in [-0.2, 0) is 11.3 Å². The smallest absolute Gasteiger partial charge is 0.335 e. The minimum absolute atomic E-state index is 0.0901. The highest BCUT2D eigenvalue weighted by molar-refractivity contribution is 7.22. The second-order valence-electron chi connectivity index (χ2n) is 10.7. The van der Waals surface area contributed by atoms with E-state index in [2.05, 4.69) is 17.0 Å². The predicted octanol–water partition coefficient (Wildman–Crippen LogP) is 8.44. The summed E-state index contributed by atoms with van der Waals surface area (Å²) in [5, 5.41) is 15.8. The van der Waals surface area contributed by atoms with Crippen LogP contribution in [0.25, 0.3) is 21.5 Å². The van der Waals surface area contributed by atoms with Gasteiger partial charge in [-0.25, -0.2) is 9.78 Å². The topological polar surface area (TPSA) is 88.7 Å². The van der Waals surface area contributed by atoms with Gasteiger partial charge in [0.2, 0.25) is 0 Å². The van der Waals surface area contributed by atoms with Crippen molar-refractivity contribution < 1.29 is 19.2 Å². The summed E-state index contributed by atoms with van der Waals surface area (Å²) in [6.45, 7) is 4.17. The zero-order chi connectivity index (χ0) is 27.8. The molecule has 0 radical (unpaired) electrons. The fourth-order valence-corrected chi connectivity index (χ4v) is 7.30. The molecule has 2 aromatic carbocycles. The van der Waals surface area contributed by atoms with Crippen molar-refractivity contribution in [3.05, 3.63) is 63.3 Å². The lowest BCUT2D eigenvalue weighted by molar-refractivity contribution is -0.0191. The van der Waals surface area contributed by atoms with E-state index in [-0.39, 0.29) is 11.7 Å². The average Bonchev–Trinajstić information content (AvgIpc) is 3.57. The Morgan fingerprint density at radius 2 is 1.93 bits per heavy atom. The summed E-state index contributed by atoms with van der Waals surface area (Å²) in [5.74, 6) is 0.680. The number of ether oxygens (including phenoxy) is 1. The van der Waals surface area contributed by atoms with Gasteiger partial charge in [0.05, 0.1) is 38.5 Å². The molecular weight excluding hydrogens is 569 g/mol. The lowest BCUT2D eigenvalue weighted by atomic mass is 9.86. The molecule has 2 fully saturated rings. The number of halogens is 2. The lowest BCUT2D eigenvalue weighted by Gasteiger charge is -2.35. The van der Waals surface area contributed by atoms with Crippen molar-refractivity contribution in [2.75, 3.05) is 18.0 Å². The van der Waals surface area contributed by atoms with Crippen LogP contribution in [0, 0.1) is 5.92 Å². The highest BCUT2D eigenvalue weighted by Crippen LogP contribution is 2.46. The Hall–Kier alpha value is -2.65. The lowest BCUT2D eigenvalue weighted by Crippen LogP contribution is -2.38. The summed E-state index contributed by atoms with van der Waals surface area (Å²) >= 11 is 14.6. The number of aromatic carboxylic acids is 1. The molecular formula is C30H31Cl2N3O4S. The standard InChI is InChI=1S/C30H31Cl2N3O4S/c1-2-35(30-33-23-13-12-18(29(36)37)14-25(23)40-30)15-19-6-3-4-9-24(19)38-16-20-27(34-39-28(20)17-10-11-17)26-21(31)7-5-8-22(26)32/h5,7-8,12-14,17,19,24H,2-4,6,9-11,15-16H2,1H3,(H,36,37). The molecule has 7 nitrogen and oxygen atoms in total. The molecule has 0 spiro atoms. The van der Waals surface area contributed by atoms with Crippen molar-refractivity contribution in [1.29, 1.82) is 0 Å². The molecule has 40 heavy (non-hydrogen) atoms. The summed E-state index contributed by atoms with van der Waals surface area (Å²) in [4.78, 5) is 18.5. The normalized spacial score (nSPS) is 19.3. The Morgan fingerprint density at radius 1 is 1.15 bits per heavy atom. The van der Waals surface area contributed by atoms with Crippen molar-refractivity contribution in [2.24, 2.45) is 5.92 Å². The molecule has 2 saturated carbocycles. The predicted molar refractivity (Wildman–Crippen MR) is 159 cm³/mol. The van der Waals surface area contributed by atoms with Crippen LogP contribution in [0.4, 0.5) is 5.13 Å². The van der Waals surface area contributed by atoms with Crippen LogP contribution < -0.4 is 4.90 Å². The van der Waals surface area contributed by atoms with Gasteiger partial charge < -0.3 is 19.3 Å². The number of hydrogen-bond acceptors (Lipinski definition) is 7. The Labute approximate surface area is 247 Å². The summed E-state index contributed by atoms with van der Waals surface area (Å²) in [7, 11) is 0. The molecule has 210 valence electrons. The maximum atomic E-state index is 11.4. The van der Waals surface area contributed by atoms with Crippen molar-refractivity contribution >= 4 is 55.9 Å². The summed E-state index contributed by atoms with van der Waals surface area (Å²) < 4.78 is 13.4. The number of carboxylic acid groups (broad SMARTS) is 1. The minimum Gasteiger partial charge on any atom is -0.478 e. The van der Waals surface area contributed by atoms with Crippen LogP contribution in [0.1, 0.15) is 73.0 Å². The Kier molecular flexibility index (Phi) is 8.04. The number of aromatic nitrogens is 2. The first-order valence-electron chi connectivity index (χ1n) is 13.9. The molecule has 2 heterocycles. The number of fused-ring (bicyclic) bond motifs is 1. The zero-order valence-electron chi connectivity index (χ0n) is 22.2. The van der Waals surface area contributed by atoms with E-state index in [1.807, 2.05) is 18.2 Å². The third-order valence-electron chi connectivity index (χ3n) is 7.98. The van der Waals surface area contributed by atoms with Crippen LogP contribution in [0.2, 0.25) is 10.0 Å². The molecule has 1 N–H and O–H groups in total. The largest absolute Gasteiger partial charge is 0.478 e. The third-order valence-corrected chi connectivity index (χ3v) is 9.69. The van der Waals surface area contributed by atoms with Crippen LogP contribution in [-0.4, -0.2) is 40.4 Å². The van der Waals surface area contributed by atoms with Crippen LogP contribution in [0.5, 0.6) is 0 Å². The first-order chi connectivity index (χ1) is 19.4. The number of benzene rings is 2. The molecule has 2 aromatic heterocycles. The molecule has 6 rings (SSSR count). The van der Waals surface area contributed by atoms with E-state index >= 15 is 0 Å². The zero-order valence-corrected chi connectivity index (χ0v) is 24.6. The summed E-state index contributed by atoms with van der Waals surface area (Å²) in [5.41, 5.74) is 3.43. The van der Waals surface area contributed by atoms with Gasteiger partial charge in [-0.1, -0.05) is 58.6 Å². The Morgan fingerprint density at radius 3 is 2.65 bits per heavy atom. The van der Waals surface area contributed by atoms with E-state index < -0.39 is 5.97 Å². The van der Waals surface area contributed by atoms with E-state index in [9.17, 15) is 9.90 Å². The third kappa shape index (κ3) is 5.59. The van der Waals surface area contributed by atoms with Gasteiger partial charge in [-0.05, 0) is 62.9 Å². The van der Waals surface area contributed by atoms with Crippen LogP contribution in [0.15, 0.2) is 40.9 Å². The second kappa shape index (κ2) is 11.7. The SMILES string of the molecule is CCN(CC1CCCCC1OCc1c(-c2c(Cl)cccc2Cl)noc1C1CC1)c1nc2ccc(C(=O)O)cc2s1. The molecule has 2 atom stereocenters. The molecule has 10 heteroatoms. The first kappa shape index (κ1) is 27.5. The fraction of sp³-hybridized carbons (Fsp3) is 0.433. The number of rotatable bonds is 10. The number of nitrogens with zero attached hydrogens (tertiary/aromatic N) is 3. The number of hydrogen-bond donors (Lipinski definition) is 1. The quantitative estimate of drug-likeness (QED) is 0.195. The maximum absolute atomic E-state index is 11.4. The highest BCUT2D eigenvalue weighted by atomic mass is 35.5. The molecule has 0 aliphatic heterocycles. The van der Waals surface area contributed by atoms with Crippen molar-refractivity contribution in [1.82, 2.24) is 10.1 Å². The molecule has 2 aliphatic rings. The van der Waals surface area contributed by atoms with Gasteiger partial charge in [-0.3, -0.25) is 0 Å². The summed E-state index contributed by atoms with van der Waals surface area (Å²) in [6.07, 6.45) is 6.65. The molecule has 0 bridgehead atoms. The van der Waals surface area contributed by atoms with Gasteiger partial charge in [0.15, 0.2) is 5.13 Å².